The van der Waals surface area contributed by atoms with Crippen LogP contribution in [0.2, 0.25) is 0 Å². The summed E-state index contributed by atoms with van der Waals surface area (Å²) in [6, 6.07) is 3.70. The molecule has 112 valence electrons. The number of nitrogens with one attached hydrogen (secondary N) is 2. The van der Waals surface area contributed by atoms with Gasteiger partial charge in [-0.3, -0.25) is 0 Å². The number of carbonyl (C=O) groups excluding carboxylic acids is 1. The Bertz CT molecular complexity index is 420. The number of rotatable bonds is 6. The van der Waals surface area contributed by atoms with Gasteiger partial charge in [-0.1, -0.05) is 32.6 Å². The molecule has 0 unspecified atom stereocenters. The fourth-order valence-electron chi connectivity index (χ4n) is 2.92. The van der Waals surface area contributed by atoms with Crippen molar-refractivity contribution in [2.24, 2.45) is 11.8 Å². The van der Waals surface area contributed by atoms with Gasteiger partial charge in [0.15, 0.2) is 0 Å². The summed E-state index contributed by atoms with van der Waals surface area (Å²) >= 11 is 0. The van der Waals surface area contributed by atoms with E-state index in [9.17, 15) is 4.79 Å². The Labute approximate surface area is 121 Å². The molecule has 1 saturated carbocycles. The lowest BCUT2D eigenvalue weighted by molar-refractivity contribution is 0.0594. The number of methoxy groups -OCH3 is 1. The first-order valence-corrected chi connectivity index (χ1v) is 7.66. The van der Waals surface area contributed by atoms with Crippen LogP contribution in [-0.2, 0) is 11.3 Å². The molecular weight excluding hydrogens is 252 g/mol. The molecule has 0 spiro atoms. The molecule has 2 N–H and O–H groups in total. The predicted octanol–water partition coefficient (Wildman–Crippen LogP) is 3.11. The first-order valence-electron chi connectivity index (χ1n) is 7.66. The summed E-state index contributed by atoms with van der Waals surface area (Å²) in [6.45, 7) is 4.18. The van der Waals surface area contributed by atoms with Gasteiger partial charge in [-0.15, -0.1) is 0 Å². The van der Waals surface area contributed by atoms with Crippen molar-refractivity contribution in [3.8, 4) is 0 Å². The van der Waals surface area contributed by atoms with Crippen LogP contribution < -0.4 is 5.32 Å². The fourth-order valence-corrected chi connectivity index (χ4v) is 2.92. The second-order valence-electron chi connectivity index (χ2n) is 5.98. The van der Waals surface area contributed by atoms with Gasteiger partial charge in [0.25, 0.3) is 0 Å². The van der Waals surface area contributed by atoms with Gasteiger partial charge in [0.05, 0.1) is 7.11 Å². The lowest BCUT2D eigenvalue weighted by Gasteiger charge is -2.26. The number of aromatic nitrogens is 1. The average Bonchev–Trinajstić information content (AvgIpc) is 2.93. The van der Waals surface area contributed by atoms with Gasteiger partial charge in [-0.25, -0.2) is 4.79 Å². The van der Waals surface area contributed by atoms with Crippen molar-refractivity contribution in [2.75, 3.05) is 13.7 Å². The topological polar surface area (TPSA) is 54.1 Å². The molecule has 0 amide bonds. The van der Waals surface area contributed by atoms with E-state index in [4.69, 9.17) is 0 Å². The van der Waals surface area contributed by atoms with Crippen LogP contribution in [0.1, 0.15) is 55.2 Å². The zero-order valence-corrected chi connectivity index (χ0v) is 12.6. The highest BCUT2D eigenvalue weighted by Gasteiger charge is 2.17. The van der Waals surface area contributed by atoms with E-state index in [0.29, 0.717) is 5.69 Å². The third-order valence-electron chi connectivity index (χ3n) is 4.33. The van der Waals surface area contributed by atoms with E-state index >= 15 is 0 Å². The highest BCUT2D eigenvalue weighted by molar-refractivity contribution is 5.87. The molecule has 1 aromatic heterocycles. The third-order valence-corrected chi connectivity index (χ3v) is 4.33. The molecule has 1 aliphatic rings. The van der Waals surface area contributed by atoms with E-state index in [2.05, 4.69) is 22.0 Å². The van der Waals surface area contributed by atoms with Gasteiger partial charge in [-0.2, -0.15) is 0 Å². The van der Waals surface area contributed by atoms with Crippen molar-refractivity contribution >= 4 is 5.97 Å². The highest BCUT2D eigenvalue weighted by Crippen LogP contribution is 2.29. The molecule has 4 heteroatoms. The first kappa shape index (κ1) is 15.1. The predicted molar refractivity (Wildman–Crippen MR) is 79.6 cm³/mol. The maximum atomic E-state index is 11.3. The molecule has 0 saturated heterocycles. The largest absolute Gasteiger partial charge is 0.464 e. The summed E-state index contributed by atoms with van der Waals surface area (Å²) in [4.78, 5) is 14.4. The molecule has 1 heterocycles. The van der Waals surface area contributed by atoms with Gasteiger partial charge in [0.2, 0.25) is 0 Å². The van der Waals surface area contributed by atoms with Crippen molar-refractivity contribution in [1.82, 2.24) is 10.3 Å². The van der Waals surface area contributed by atoms with Crippen LogP contribution in [-0.4, -0.2) is 24.6 Å². The minimum absolute atomic E-state index is 0.312. The van der Waals surface area contributed by atoms with Crippen LogP contribution in [0.15, 0.2) is 12.1 Å². The van der Waals surface area contributed by atoms with Gasteiger partial charge < -0.3 is 15.0 Å². The molecule has 20 heavy (non-hydrogen) atoms. The summed E-state index contributed by atoms with van der Waals surface area (Å²) in [5.74, 6) is 1.51. The van der Waals surface area contributed by atoms with Crippen LogP contribution >= 0.6 is 0 Å². The summed E-state index contributed by atoms with van der Waals surface area (Å²) in [7, 11) is 1.39. The number of aromatic amines is 1. The molecule has 2 rings (SSSR count). The summed E-state index contributed by atoms with van der Waals surface area (Å²) in [5, 5.41) is 3.45. The number of esters is 1. The van der Waals surface area contributed by atoms with Crippen molar-refractivity contribution in [2.45, 2.75) is 45.6 Å². The lowest BCUT2D eigenvalue weighted by atomic mass is 9.81. The second kappa shape index (κ2) is 7.48. The van der Waals surface area contributed by atoms with Crippen LogP contribution in [0.25, 0.3) is 0 Å². The molecule has 4 nitrogen and oxygen atoms in total. The monoisotopic (exact) mass is 278 g/mol. The minimum Gasteiger partial charge on any atom is -0.464 e. The summed E-state index contributed by atoms with van der Waals surface area (Å²) in [5.41, 5.74) is 1.55. The van der Waals surface area contributed by atoms with Gasteiger partial charge in [-0.05, 0) is 36.9 Å². The highest BCUT2D eigenvalue weighted by atomic mass is 16.5. The van der Waals surface area contributed by atoms with Crippen LogP contribution in [0, 0.1) is 11.8 Å². The van der Waals surface area contributed by atoms with E-state index in [-0.39, 0.29) is 5.97 Å². The Morgan fingerprint density at radius 3 is 2.80 bits per heavy atom. The quantitative estimate of drug-likeness (QED) is 0.621. The van der Waals surface area contributed by atoms with E-state index in [1.807, 2.05) is 6.07 Å². The Hall–Kier alpha value is -1.29. The smallest absolute Gasteiger partial charge is 0.354 e. The van der Waals surface area contributed by atoms with Crippen molar-refractivity contribution < 1.29 is 9.53 Å². The minimum atomic E-state index is -0.312. The number of ether oxygens (including phenoxy) is 1. The van der Waals surface area contributed by atoms with Crippen molar-refractivity contribution in [3.63, 3.8) is 0 Å². The van der Waals surface area contributed by atoms with Crippen molar-refractivity contribution in [1.29, 1.82) is 0 Å². The van der Waals surface area contributed by atoms with Gasteiger partial charge >= 0.3 is 5.97 Å². The Morgan fingerprint density at radius 2 is 2.10 bits per heavy atom. The fraction of sp³-hybridized carbons (Fsp3) is 0.688. The van der Waals surface area contributed by atoms with E-state index < -0.39 is 0 Å². The normalized spacial score (nSPS) is 22.7. The molecular formula is C16H26N2O2. The van der Waals surface area contributed by atoms with Gasteiger partial charge in [0.1, 0.15) is 5.69 Å². The Morgan fingerprint density at radius 1 is 1.35 bits per heavy atom. The summed E-state index contributed by atoms with van der Waals surface area (Å²) in [6.07, 6.45) is 6.82. The zero-order chi connectivity index (χ0) is 14.4. The van der Waals surface area contributed by atoms with E-state index in [0.717, 1.165) is 30.6 Å². The molecule has 0 bridgehead atoms. The first-order chi connectivity index (χ1) is 9.69. The number of hydrogen-bond acceptors (Lipinski definition) is 3. The SMILES string of the molecule is COC(=O)c1ccc(CNCCC2CCC(C)CC2)[nH]1. The molecule has 1 aliphatic carbocycles. The average molecular weight is 278 g/mol. The van der Waals surface area contributed by atoms with Crippen LogP contribution in [0.5, 0.6) is 0 Å². The van der Waals surface area contributed by atoms with E-state index in [1.54, 1.807) is 6.07 Å². The van der Waals surface area contributed by atoms with Crippen molar-refractivity contribution in [3.05, 3.63) is 23.5 Å². The molecule has 1 fully saturated rings. The standard InChI is InChI=1S/C16H26N2O2/c1-12-3-5-13(6-4-12)9-10-17-11-14-7-8-15(18-14)16(19)20-2/h7-8,12-13,17-18H,3-6,9-11H2,1-2H3. The number of H-pyrrole nitrogens is 1. The molecule has 0 radical (unpaired) electrons. The number of hydrogen-bond donors (Lipinski definition) is 2. The Kier molecular flexibility index (Phi) is 5.65. The zero-order valence-electron chi connectivity index (χ0n) is 12.6. The molecule has 0 aliphatic heterocycles. The maximum Gasteiger partial charge on any atom is 0.354 e. The Balaban J connectivity index is 1.63. The van der Waals surface area contributed by atoms with Gasteiger partial charge in [0, 0.05) is 12.2 Å². The van der Waals surface area contributed by atoms with Crippen LogP contribution in [0.4, 0.5) is 0 Å². The lowest BCUT2D eigenvalue weighted by Crippen LogP contribution is -2.20. The summed E-state index contributed by atoms with van der Waals surface area (Å²) < 4.78 is 4.67. The second-order valence-corrected chi connectivity index (χ2v) is 5.98. The molecule has 1 aromatic rings. The van der Waals surface area contributed by atoms with Crippen LogP contribution in [0.3, 0.4) is 0 Å². The van der Waals surface area contributed by atoms with E-state index in [1.165, 1.54) is 39.2 Å². The molecule has 0 atom stereocenters. The molecule has 0 aromatic carbocycles. The maximum absolute atomic E-state index is 11.3. The number of carbonyl (C=O) groups is 1. The third kappa shape index (κ3) is 4.37.